The number of sulfonamides is 1. The van der Waals surface area contributed by atoms with Crippen LogP contribution in [0.25, 0.3) is 0 Å². The maximum atomic E-state index is 12.9. The highest BCUT2D eigenvalue weighted by Crippen LogP contribution is 2.30. The molecule has 7 nitrogen and oxygen atoms in total. The highest BCUT2D eigenvalue weighted by atomic mass is 32.2. The van der Waals surface area contributed by atoms with Gasteiger partial charge in [-0.2, -0.15) is 4.31 Å². The van der Waals surface area contributed by atoms with E-state index in [0.717, 1.165) is 0 Å². The van der Waals surface area contributed by atoms with Crippen molar-refractivity contribution >= 4 is 29.7 Å². The lowest BCUT2D eigenvalue weighted by Crippen LogP contribution is -2.50. The van der Waals surface area contributed by atoms with Crippen LogP contribution in [0.1, 0.15) is 33.1 Å². The van der Waals surface area contributed by atoms with E-state index in [0.29, 0.717) is 6.42 Å². The molecule has 0 radical (unpaired) electrons. The van der Waals surface area contributed by atoms with E-state index in [1.165, 1.54) is 4.31 Å². The Kier molecular flexibility index (Phi) is 4.97. The Hall–Kier alpha value is -0.190. The summed E-state index contributed by atoms with van der Waals surface area (Å²) in [7, 11) is -10.4. The van der Waals surface area contributed by atoms with Crippen LogP contribution in [0.4, 0.5) is 0 Å². The van der Waals surface area contributed by atoms with Crippen molar-refractivity contribution in [1.29, 1.82) is 0 Å². The van der Waals surface area contributed by atoms with Gasteiger partial charge in [-0.1, -0.05) is 6.92 Å². The topological polar surface area (TPSA) is 106 Å². The molecule has 2 rings (SSSR count). The van der Waals surface area contributed by atoms with Gasteiger partial charge in [0.05, 0.1) is 28.3 Å². The molecule has 130 valence electrons. The van der Waals surface area contributed by atoms with Gasteiger partial charge in [0.25, 0.3) is 0 Å². The molecule has 2 saturated heterocycles. The van der Waals surface area contributed by atoms with Gasteiger partial charge in [0.1, 0.15) is 0 Å². The molecular weight excluding hydrogens is 350 g/mol. The van der Waals surface area contributed by atoms with Crippen LogP contribution >= 0.6 is 0 Å². The Morgan fingerprint density at radius 1 is 1.05 bits per heavy atom. The second-order valence-electron chi connectivity index (χ2n) is 6.21. The lowest BCUT2D eigenvalue weighted by atomic mass is 10.2. The maximum Gasteiger partial charge on any atom is 0.218 e. The minimum atomic E-state index is -3.83. The first-order chi connectivity index (χ1) is 9.98. The summed E-state index contributed by atoms with van der Waals surface area (Å²) in [5.41, 5.74) is 0. The standard InChI is InChI=1S/C12H23NO6S3/c1-3-10(2)13(11-4-6-20(14,15)8-11)22(18,19)12-5-7-21(16,17)9-12/h10-12H,3-9H2,1-2H3. The lowest BCUT2D eigenvalue weighted by Gasteiger charge is -2.34. The summed E-state index contributed by atoms with van der Waals surface area (Å²) in [5, 5.41) is -0.949. The van der Waals surface area contributed by atoms with Gasteiger partial charge in [-0.05, 0) is 26.2 Å². The van der Waals surface area contributed by atoms with Crippen molar-refractivity contribution in [3.05, 3.63) is 0 Å². The Morgan fingerprint density at radius 3 is 2.00 bits per heavy atom. The minimum Gasteiger partial charge on any atom is -0.229 e. The summed E-state index contributed by atoms with van der Waals surface area (Å²) >= 11 is 0. The molecule has 3 unspecified atom stereocenters. The van der Waals surface area contributed by atoms with Crippen molar-refractivity contribution in [2.75, 3.05) is 23.0 Å². The van der Waals surface area contributed by atoms with Crippen molar-refractivity contribution in [2.24, 2.45) is 0 Å². The third-order valence-electron chi connectivity index (χ3n) is 4.50. The van der Waals surface area contributed by atoms with E-state index in [1.54, 1.807) is 6.92 Å². The van der Waals surface area contributed by atoms with Crippen molar-refractivity contribution in [1.82, 2.24) is 4.31 Å². The van der Waals surface area contributed by atoms with Gasteiger partial charge >= 0.3 is 0 Å². The fourth-order valence-corrected chi connectivity index (χ4v) is 9.96. The van der Waals surface area contributed by atoms with Crippen LogP contribution in [0.15, 0.2) is 0 Å². The lowest BCUT2D eigenvalue weighted by molar-refractivity contribution is 0.268. The first-order valence-electron chi connectivity index (χ1n) is 7.42. The van der Waals surface area contributed by atoms with Gasteiger partial charge < -0.3 is 0 Å². The van der Waals surface area contributed by atoms with Crippen LogP contribution in [-0.4, -0.2) is 69.9 Å². The minimum absolute atomic E-state index is 0.0108. The molecule has 0 aromatic carbocycles. The number of sulfone groups is 2. The SMILES string of the molecule is CCC(C)N(C1CCS(=O)(=O)C1)S(=O)(=O)C1CCS(=O)(=O)C1. The molecule has 22 heavy (non-hydrogen) atoms. The number of hydrogen-bond acceptors (Lipinski definition) is 6. The van der Waals surface area contributed by atoms with Gasteiger partial charge in [-0.25, -0.2) is 25.3 Å². The highest BCUT2D eigenvalue weighted by Gasteiger charge is 2.46. The third kappa shape index (κ3) is 3.65. The van der Waals surface area contributed by atoms with E-state index in [1.807, 2.05) is 6.92 Å². The average molecular weight is 374 g/mol. The number of rotatable bonds is 5. The summed E-state index contributed by atoms with van der Waals surface area (Å²) < 4.78 is 73.6. The largest absolute Gasteiger partial charge is 0.229 e. The monoisotopic (exact) mass is 373 g/mol. The molecule has 2 aliphatic rings. The Morgan fingerprint density at radius 2 is 1.59 bits per heavy atom. The molecule has 0 aromatic rings. The first kappa shape index (κ1) is 18.2. The zero-order valence-corrected chi connectivity index (χ0v) is 15.3. The van der Waals surface area contributed by atoms with Crippen molar-refractivity contribution in [3.8, 4) is 0 Å². The third-order valence-corrected chi connectivity index (χ3v) is 10.7. The Balaban J connectivity index is 2.33. The molecule has 2 heterocycles. The summed E-state index contributed by atoms with van der Waals surface area (Å²) in [6.07, 6.45) is 0.928. The molecule has 0 aliphatic carbocycles. The van der Waals surface area contributed by atoms with E-state index >= 15 is 0 Å². The summed E-state index contributed by atoms with van der Waals surface area (Å²) in [4.78, 5) is 0. The van der Waals surface area contributed by atoms with Gasteiger partial charge in [-0.3, -0.25) is 0 Å². The van der Waals surface area contributed by atoms with Gasteiger partial charge in [-0.15, -0.1) is 0 Å². The molecule has 0 saturated carbocycles. The van der Waals surface area contributed by atoms with Crippen molar-refractivity contribution in [2.45, 2.75) is 50.4 Å². The zero-order chi connectivity index (χ0) is 16.8. The molecule has 2 fully saturated rings. The van der Waals surface area contributed by atoms with Crippen LogP contribution in [0.3, 0.4) is 0 Å². The van der Waals surface area contributed by atoms with E-state index < -0.39 is 41.0 Å². The van der Waals surface area contributed by atoms with E-state index in [9.17, 15) is 25.3 Å². The molecule has 2 aliphatic heterocycles. The van der Waals surface area contributed by atoms with Crippen LogP contribution in [0.5, 0.6) is 0 Å². The predicted molar refractivity (Wildman–Crippen MR) is 84.6 cm³/mol. The fourth-order valence-electron chi connectivity index (χ4n) is 3.14. The molecule has 0 N–H and O–H groups in total. The summed E-state index contributed by atoms with van der Waals surface area (Å²) in [6.45, 7) is 3.58. The van der Waals surface area contributed by atoms with Gasteiger partial charge in [0, 0.05) is 12.1 Å². The number of hydrogen-bond donors (Lipinski definition) is 0. The highest BCUT2D eigenvalue weighted by molar-refractivity contribution is 7.95. The van der Waals surface area contributed by atoms with E-state index in [4.69, 9.17) is 0 Å². The Labute approximate surface area is 133 Å². The quantitative estimate of drug-likeness (QED) is 0.660. The molecular formula is C12H23NO6S3. The molecule has 0 spiro atoms. The Bertz CT molecular complexity index is 725. The van der Waals surface area contributed by atoms with Gasteiger partial charge in [0.2, 0.25) is 10.0 Å². The molecule has 0 bridgehead atoms. The maximum absolute atomic E-state index is 12.9. The number of nitrogens with zero attached hydrogens (tertiary/aromatic N) is 1. The second-order valence-corrected chi connectivity index (χ2v) is 12.8. The smallest absolute Gasteiger partial charge is 0.218 e. The van der Waals surface area contributed by atoms with Gasteiger partial charge in [0.15, 0.2) is 19.7 Å². The van der Waals surface area contributed by atoms with Crippen LogP contribution in [0.2, 0.25) is 0 Å². The van der Waals surface area contributed by atoms with Crippen molar-refractivity contribution < 1.29 is 25.3 Å². The fraction of sp³-hybridized carbons (Fsp3) is 1.00. The summed E-state index contributed by atoms with van der Waals surface area (Å²) in [5.74, 6) is -0.658. The molecule has 0 aromatic heterocycles. The molecule has 3 atom stereocenters. The molecule has 10 heteroatoms. The van der Waals surface area contributed by atoms with Crippen molar-refractivity contribution in [3.63, 3.8) is 0 Å². The van der Waals surface area contributed by atoms with Crippen LogP contribution < -0.4 is 0 Å². The first-order valence-corrected chi connectivity index (χ1v) is 12.6. The van der Waals surface area contributed by atoms with Crippen LogP contribution in [-0.2, 0) is 29.7 Å². The molecule has 0 amide bonds. The summed E-state index contributed by atoms with van der Waals surface area (Å²) in [6, 6.07) is -0.917. The average Bonchev–Trinajstić information content (AvgIpc) is 2.92. The second kappa shape index (κ2) is 6.03. The van der Waals surface area contributed by atoms with E-state index in [2.05, 4.69) is 0 Å². The predicted octanol–water partition coefficient (Wildman–Crippen LogP) is -0.209. The normalized spacial score (nSPS) is 32.3. The van der Waals surface area contributed by atoms with E-state index in [-0.39, 0.29) is 41.9 Å². The van der Waals surface area contributed by atoms with Crippen LogP contribution in [0, 0.1) is 0 Å². The zero-order valence-electron chi connectivity index (χ0n) is 12.8.